The number of rotatable bonds is 5. The van der Waals surface area contributed by atoms with Gasteiger partial charge in [-0.25, -0.2) is 4.98 Å². The monoisotopic (exact) mass is 287 g/mol. The number of fused-ring (bicyclic) bond motifs is 1. The number of aromatic nitrogens is 2. The molecule has 0 bridgehead atoms. The molecule has 1 N–H and O–H groups in total. The Morgan fingerprint density at radius 3 is 2.86 bits per heavy atom. The SMILES string of the molecule is CC(NCCc1nccn1C)c1ccc2c(c1)OCCO2. The van der Waals surface area contributed by atoms with E-state index in [2.05, 4.69) is 33.9 Å². The summed E-state index contributed by atoms with van der Waals surface area (Å²) in [5, 5.41) is 3.52. The maximum Gasteiger partial charge on any atom is 0.161 e. The molecule has 0 amide bonds. The molecule has 0 saturated carbocycles. The highest BCUT2D eigenvalue weighted by Gasteiger charge is 2.14. The summed E-state index contributed by atoms with van der Waals surface area (Å²) in [6.07, 6.45) is 4.72. The molecule has 1 aliphatic rings. The maximum atomic E-state index is 5.63. The van der Waals surface area contributed by atoms with Crippen LogP contribution in [0.4, 0.5) is 0 Å². The van der Waals surface area contributed by atoms with Gasteiger partial charge >= 0.3 is 0 Å². The van der Waals surface area contributed by atoms with Crippen LogP contribution in [0.5, 0.6) is 11.5 Å². The van der Waals surface area contributed by atoms with Gasteiger partial charge in [0.05, 0.1) is 0 Å². The molecule has 1 unspecified atom stereocenters. The summed E-state index contributed by atoms with van der Waals surface area (Å²) >= 11 is 0. The van der Waals surface area contributed by atoms with Gasteiger partial charge < -0.3 is 19.4 Å². The van der Waals surface area contributed by atoms with Gasteiger partial charge in [-0.2, -0.15) is 0 Å². The summed E-state index contributed by atoms with van der Waals surface area (Å²) < 4.78 is 13.2. The first-order valence-electron chi connectivity index (χ1n) is 7.33. The quantitative estimate of drug-likeness (QED) is 0.915. The standard InChI is InChI=1S/C16H21N3O2/c1-12(17-6-5-16-18-7-8-19(16)2)13-3-4-14-15(11-13)21-10-9-20-14/h3-4,7-8,11-12,17H,5-6,9-10H2,1-2H3. The second kappa shape index (κ2) is 6.18. The molecule has 5 heteroatoms. The highest BCUT2D eigenvalue weighted by Crippen LogP contribution is 2.32. The Morgan fingerprint density at radius 1 is 1.29 bits per heavy atom. The third-order valence-corrected chi connectivity index (χ3v) is 3.79. The van der Waals surface area contributed by atoms with Crippen molar-refractivity contribution in [1.82, 2.24) is 14.9 Å². The number of ether oxygens (including phenoxy) is 2. The number of aryl methyl sites for hydroxylation is 1. The molecule has 1 aromatic carbocycles. The number of nitrogens with one attached hydrogen (secondary N) is 1. The van der Waals surface area contributed by atoms with E-state index in [0.717, 1.165) is 30.3 Å². The summed E-state index contributed by atoms with van der Waals surface area (Å²) in [6, 6.07) is 6.40. The van der Waals surface area contributed by atoms with Crippen molar-refractivity contribution in [2.24, 2.45) is 7.05 Å². The summed E-state index contributed by atoms with van der Waals surface area (Å²) in [5.41, 5.74) is 1.21. The minimum Gasteiger partial charge on any atom is -0.486 e. The number of hydrogen-bond donors (Lipinski definition) is 1. The van der Waals surface area contributed by atoms with Crippen molar-refractivity contribution in [3.63, 3.8) is 0 Å². The fraction of sp³-hybridized carbons (Fsp3) is 0.438. The van der Waals surface area contributed by atoms with Crippen LogP contribution in [0.1, 0.15) is 24.4 Å². The van der Waals surface area contributed by atoms with Crippen LogP contribution in [-0.2, 0) is 13.5 Å². The lowest BCUT2D eigenvalue weighted by molar-refractivity contribution is 0.171. The molecule has 112 valence electrons. The predicted octanol–water partition coefficient (Wildman–Crippen LogP) is 2.08. The van der Waals surface area contributed by atoms with E-state index in [9.17, 15) is 0 Å². The Bertz CT molecular complexity index is 609. The molecule has 1 aliphatic heterocycles. The average molecular weight is 287 g/mol. The van der Waals surface area contributed by atoms with Gasteiger partial charge in [-0.15, -0.1) is 0 Å². The first-order valence-corrected chi connectivity index (χ1v) is 7.33. The van der Waals surface area contributed by atoms with Crippen LogP contribution < -0.4 is 14.8 Å². The molecule has 5 nitrogen and oxygen atoms in total. The highest BCUT2D eigenvalue weighted by molar-refractivity contribution is 5.44. The molecule has 21 heavy (non-hydrogen) atoms. The van der Waals surface area contributed by atoms with E-state index in [1.165, 1.54) is 5.56 Å². The zero-order chi connectivity index (χ0) is 14.7. The minimum absolute atomic E-state index is 0.265. The zero-order valence-corrected chi connectivity index (χ0v) is 12.5. The van der Waals surface area contributed by atoms with Crippen LogP contribution in [0.15, 0.2) is 30.6 Å². The fourth-order valence-corrected chi connectivity index (χ4v) is 2.48. The molecule has 0 saturated heterocycles. The van der Waals surface area contributed by atoms with Gasteiger partial charge in [0.1, 0.15) is 19.0 Å². The fourth-order valence-electron chi connectivity index (χ4n) is 2.48. The zero-order valence-electron chi connectivity index (χ0n) is 12.5. The normalized spacial score (nSPS) is 15.0. The molecule has 2 aromatic rings. The molecule has 2 heterocycles. The van der Waals surface area contributed by atoms with Crippen LogP contribution >= 0.6 is 0 Å². The molecular weight excluding hydrogens is 266 g/mol. The van der Waals surface area contributed by atoms with Gasteiger partial charge in [-0.3, -0.25) is 0 Å². The summed E-state index contributed by atoms with van der Waals surface area (Å²) in [6.45, 7) is 4.30. The Balaban J connectivity index is 1.58. The largest absolute Gasteiger partial charge is 0.486 e. The lowest BCUT2D eigenvalue weighted by Gasteiger charge is -2.21. The van der Waals surface area contributed by atoms with Crippen molar-refractivity contribution in [2.75, 3.05) is 19.8 Å². The van der Waals surface area contributed by atoms with E-state index in [4.69, 9.17) is 9.47 Å². The first kappa shape index (κ1) is 13.9. The van der Waals surface area contributed by atoms with E-state index in [0.29, 0.717) is 13.2 Å². The Kier molecular flexibility index (Phi) is 4.10. The van der Waals surface area contributed by atoms with E-state index in [-0.39, 0.29) is 6.04 Å². The van der Waals surface area contributed by atoms with Crippen LogP contribution in [0.25, 0.3) is 0 Å². The molecular formula is C16H21N3O2. The van der Waals surface area contributed by atoms with Crippen LogP contribution in [0.2, 0.25) is 0 Å². The lowest BCUT2D eigenvalue weighted by Crippen LogP contribution is -2.23. The Labute approximate surface area is 124 Å². The van der Waals surface area contributed by atoms with Gasteiger partial charge in [0.2, 0.25) is 0 Å². The molecule has 3 rings (SSSR count). The van der Waals surface area contributed by atoms with Crippen molar-refractivity contribution in [3.05, 3.63) is 42.0 Å². The highest BCUT2D eigenvalue weighted by atomic mass is 16.6. The smallest absolute Gasteiger partial charge is 0.161 e. The van der Waals surface area contributed by atoms with Gasteiger partial charge in [-0.1, -0.05) is 6.07 Å². The van der Waals surface area contributed by atoms with Crippen LogP contribution in [0, 0.1) is 0 Å². The second-order valence-corrected chi connectivity index (χ2v) is 5.28. The third-order valence-electron chi connectivity index (χ3n) is 3.79. The minimum atomic E-state index is 0.265. The number of hydrogen-bond acceptors (Lipinski definition) is 4. The topological polar surface area (TPSA) is 48.3 Å². The third kappa shape index (κ3) is 3.19. The van der Waals surface area contributed by atoms with Crippen molar-refractivity contribution < 1.29 is 9.47 Å². The molecule has 0 aliphatic carbocycles. The number of nitrogens with zero attached hydrogens (tertiary/aromatic N) is 2. The molecule has 0 fully saturated rings. The van der Waals surface area contributed by atoms with E-state index >= 15 is 0 Å². The molecule has 1 atom stereocenters. The summed E-state index contributed by atoms with van der Waals surface area (Å²) in [5.74, 6) is 2.78. The van der Waals surface area contributed by atoms with Crippen molar-refractivity contribution in [2.45, 2.75) is 19.4 Å². The second-order valence-electron chi connectivity index (χ2n) is 5.28. The Hall–Kier alpha value is -2.01. The van der Waals surface area contributed by atoms with Gasteiger partial charge in [0.15, 0.2) is 11.5 Å². The van der Waals surface area contributed by atoms with E-state index < -0.39 is 0 Å². The van der Waals surface area contributed by atoms with Crippen LogP contribution in [0.3, 0.4) is 0 Å². The van der Waals surface area contributed by atoms with E-state index in [1.54, 1.807) is 0 Å². The van der Waals surface area contributed by atoms with Crippen molar-refractivity contribution >= 4 is 0 Å². The van der Waals surface area contributed by atoms with Gasteiger partial charge in [0, 0.05) is 38.4 Å². The summed E-state index contributed by atoms with van der Waals surface area (Å²) in [7, 11) is 2.02. The average Bonchev–Trinajstić information content (AvgIpc) is 2.92. The lowest BCUT2D eigenvalue weighted by atomic mass is 10.1. The molecule has 0 spiro atoms. The molecule has 1 aromatic heterocycles. The van der Waals surface area contributed by atoms with Gasteiger partial charge in [-0.05, 0) is 24.6 Å². The van der Waals surface area contributed by atoms with Crippen molar-refractivity contribution in [1.29, 1.82) is 0 Å². The number of imidazole rings is 1. The summed E-state index contributed by atoms with van der Waals surface area (Å²) in [4.78, 5) is 4.33. The number of benzene rings is 1. The van der Waals surface area contributed by atoms with Gasteiger partial charge in [0.25, 0.3) is 0 Å². The van der Waals surface area contributed by atoms with Crippen LogP contribution in [-0.4, -0.2) is 29.3 Å². The predicted molar refractivity (Wildman–Crippen MR) is 80.8 cm³/mol. The Morgan fingerprint density at radius 2 is 2.10 bits per heavy atom. The first-order chi connectivity index (χ1) is 10.2. The van der Waals surface area contributed by atoms with E-state index in [1.807, 2.05) is 25.5 Å². The molecule has 0 radical (unpaired) electrons. The maximum absolute atomic E-state index is 5.63. The van der Waals surface area contributed by atoms with Crippen molar-refractivity contribution in [3.8, 4) is 11.5 Å².